The average Bonchev–Trinajstić information content (AvgIpc) is 2.57. The van der Waals surface area contributed by atoms with Crippen LogP contribution >= 0.6 is 15.9 Å². The van der Waals surface area contributed by atoms with Crippen LogP contribution < -0.4 is 10.6 Å². The molecule has 0 saturated heterocycles. The molecule has 0 saturated carbocycles. The minimum atomic E-state index is -0.130. The summed E-state index contributed by atoms with van der Waals surface area (Å²) < 4.78 is 0.894. The van der Waals surface area contributed by atoms with Gasteiger partial charge in [-0.3, -0.25) is 9.59 Å². The molecule has 0 unspecified atom stereocenters. The lowest BCUT2D eigenvalue weighted by Crippen LogP contribution is -2.17. The highest BCUT2D eigenvalue weighted by atomic mass is 79.9. The zero-order valence-electron chi connectivity index (χ0n) is 14.0. The minimum Gasteiger partial charge on any atom is -0.384 e. The zero-order chi connectivity index (χ0) is 18.4. The maximum absolute atomic E-state index is 12.1. The van der Waals surface area contributed by atoms with E-state index < -0.39 is 0 Å². The quantitative estimate of drug-likeness (QED) is 0.710. The van der Waals surface area contributed by atoms with Gasteiger partial charge in [-0.1, -0.05) is 22.0 Å². The van der Waals surface area contributed by atoms with E-state index in [1.54, 1.807) is 18.2 Å². The average molecular weight is 400 g/mol. The molecular formula is C19H18BrN3O2. The highest BCUT2D eigenvalue weighted by Crippen LogP contribution is 2.21. The van der Waals surface area contributed by atoms with Crippen LogP contribution in [-0.2, 0) is 4.79 Å². The predicted molar refractivity (Wildman–Crippen MR) is 102 cm³/mol. The number of amides is 1. The molecule has 2 N–H and O–H groups in total. The monoisotopic (exact) mass is 399 g/mol. The Hall–Kier alpha value is -2.65. The van der Waals surface area contributed by atoms with E-state index in [9.17, 15) is 9.59 Å². The van der Waals surface area contributed by atoms with Gasteiger partial charge in [0.2, 0.25) is 5.91 Å². The van der Waals surface area contributed by atoms with Crippen LogP contribution in [0.4, 0.5) is 11.4 Å². The lowest BCUT2D eigenvalue weighted by molar-refractivity contribution is -0.115. The number of Topliss-reactive ketones (excluding diaryl/α,β-unsaturated/α-hetero) is 1. The molecule has 0 radical (unpaired) electrons. The summed E-state index contributed by atoms with van der Waals surface area (Å²) in [5.41, 5.74) is 3.27. The first-order valence-electron chi connectivity index (χ1n) is 7.75. The van der Waals surface area contributed by atoms with Crippen molar-refractivity contribution in [1.29, 1.82) is 5.26 Å². The topological polar surface area (TPSA) is 82.0 Å². The molecule has 0 aliphatic heterocycles. The van der Waals surface area contributed by atoms with Gasteiger partial charge in [0, 0.05) is 34.4 Å². The molecule has 0 bridgehead atoms. The molecule has 2 rings (SSSR count). The number of carbonyl (C=O) groups is 2. The zero-order valence-corrected chi connectivity index (χ0v) is 15.6. The van der Waals surface area contributed by atoms with Gasteiger partial charge in [-0.05, 0) is 49.7 Å². The van der Waals surface area contributed by atoms with Crippen LogP contribution in [0.5, 0.6) is 0 Å². The minimum absolute atomic E-state index is 0.0961. The van der Waals surface area contributed by atoms with Crippen molar-refractivity contribution in [2.45, 2.75) is 20.3 Å². The molecule has 0 aliphatic rings. The molecule has 25 heavy (non-hydrogen) atoms. The van der Waals surface area contributed by atoms with Gasteiger partial charge in [0.1, 0.15) is 0 Å². The number of nitriles is 1. The standard InChI is InChI=1S/C19H18BrN3O2/c1-12-3-5-15(20)10-17(12)23-19(25)7-8-22-18-9-14(11-21)4-6-16(18)13(2)24/h3-6,9-10,22H,7-8H2,1-2H3,(H,23,25). The maximum atomic E-state index is 12.1. The van der Waals surface area contributed by atoms with Crippen LogP contribution in [0, 0.1) is 18.3 Å². The Balaban J connectivity index is 1.98. The number of halogens is 1. The number of hydrogen-bond donors (Lipinski definition) is 2. The summed E-state index contributed by atoms with van der Waals surface area (Å²) in [5, 5.41) is 14.9. The van der Waals surface area contributed by atoms with Crippen LogP contribution in [0.25, 0.3) is 0 Å². The number of benzene rings is 2. The van der Waals surface area contributed by atoms with Crippen molar-refractivity contribution >= 4 is 39.0 Å². The second-order valence-electron chi connectivity index (χ2n) is 5.61. The highest BCUT2D eigenvalue weighted by Gasteiger charge is 2.10. The van der Waals surface area contributed by atoms with Crippen molar-refractivity contribution in [2.75, 3.05) is 17.2 Å². The number of nitrogens with one attached hydrogen (secondary N) is 2. The predicted octanol–water partition coefficient (Wildman–Crippen LogP) is 4.27. The van der Waals surface area contributed by atoms with Crippen LogP contribution in [0.15, 0.2) is 40.9 Å². The van der Waals surface area contributed by atoms with Crippen LogP contribution in [0.3, 0.4) is 0 Å². The summed E-state index contributed by atoms with van der Waals surface area (Å²) in [5.74, 6) is -0.226. The molecule has 0 heterocycles. The molecule has 0 aromatic heterocycles. The van der Waals surface area contributed by atoms with Gasteiger partial charge in [-0.15, -0.1) is 0 Å². The molecule has 0 atom stereocenters. The van der Waals surface area contributed by atoms with Gasteiger partial charge >= 0.3 is 0 Å². The summed E-state index contributed by atoms with van der Waals surface area (Å²) in [6, 6.07) is 12.6. The van der Waals surface area contributed by atoms with Gasteiger partial charge in [0.15, 0.2) is 5.78 Å². The molecule has 1 amide bonds. The number of carbonyl (C=O) groups excluding carboxylic acids is 2. The number of rotatable bonds is 6. The Morgan fingerprint density at radius 3 is 2.60 bits per heavy atom. The second kappa shape index (κ2) is 8.45. The summed E-state index contributed by atoms with van der Waals surface area (Å²) in [6.45, 7) is 3.75. The first-order chi connectivity index (χ1) is 11.9. The Bertz CT molecular complexity index is 856. The maximum Gasteiger partial charge on any atom is 0.226 e. The smallest absolute Gasteiger partial charge is 0.226 e. The molecule has 2 aromatic rings. The van der Waals surface area contributed by atoms with E-state index >= 15 is 0 Å². The SMILES string of the molecule is CC(=O)c1ccc(C#N)cc1NCCC(=O)Nc1cc(Br)ccc1C. The van der Waals surface area contributed by atoms with Crippen LogP contribution in [0.1, 0.15) is 34.8 Å². The number of aryl methyl sites for hydroxylation is 1. The van der Waals surface area contributed by atoms with E-state index in [1.807, 2.05) is 31.2 Å². The summed E-state index contributed by atoms with van der Waals surface area (Å²) in [4.78, 5) is 23.8. The Kier molecular flexibility index (Phi) is 6.31. The molecule has 6 heteroatoms. The molecule has 0 spiro atoms. The van der Waals surface area contributed by atoms with E-state index in [-0.39, 0.29) is 18.1 Å². The lowest BCUT2D eigenvalue weighted by Gasteiger charge is -2.12. The number of nitrogens with zero attached hydrogens (tertiary/aromatic N) is 1. The molecule has 2 aromatic carbocycles. The third-order valence-corrected chi connectivity index (χ3v) is 4.16. The highest BCUT2D eigenvalue weighted by molar-refractivity contribution is 9.10. The van der Waals surface area contributed by atoms with Crippen LogP contribution in [0.2, 0.25) is 0 Å². The van der Waals surface area contributed by atoms with E-state index in [4.69, 9.17) is 5.26 Å². The van der Waals surface area contributed by atoms with E-state index in [1.165, 1.54) is 6.92 Å². The fourth-order valence-corrected chi connectivity index (χ4v) is 2.68. The molecule has 0 fully saturated rings. The summed E-state index contributed by atoms with van der Waals surface area (Å²) in [7, 11) is 0. The van der Waals surface area contributed by atoms with Gasteiger partial charge in [-0.25, -0.2) is 0 Å². The van der Waals surface area contributed by atoms with Crippen molar-refractivity contribution in [3.63, 3.8) is 0 Å². The van der Waals surface area contributed by atoms with Gasteiger partial charge in [0.05, 0.1) is 11.6 Å². The first-order valence-corrected chi connectivity index (χ1v) is 8.55. The van der Waals surface area contributed by atoms with Crippen molar-refractivity contribution in [1.82, 2.24) is 0 Å². The van der Waals surface area contributed by atoms with Gasteiger partial charge < -0.3 is 10.6 Å². The fourth-order valence-electron chi connectivity index (χ4n) is 2.32. The number of anilines is 2. The fraction of sp³-hybridized carbons (Fsp3) is 0.211. The van der Waals surface area contributed by atoms with Gasteiger partial charge in [0.25, 0.3) is 0 Å². The first kappa shape index (κ1) is 18.7. The summed E-state index contributed by atoms with van der Waals surface area (Å²) in [6.07, 6.45) is 0.236. The van der Waals surface area contributed by atoms with Crippen molar-refractivity contribution in [3.8, 4) is 6.07 Å². The largest absolute Gasteiger partial charge is 0.384 e. The van der Waals surface area contributed by atoms with Gasteiger partial charge in [-0.2, -0.15) is 5.26 Å². The second-order valence-corrected chi connectivity index (χ2v) is 6.53. The molecular weight excluding hydrogens is 382 g/mol. The third kappa shape index (κ3) is 5.16. The van der Waals surface area contributed by atoms with Crippen molar-refractivity contribution in [3.05, 3.63) is 57.6 Å². The van der Waals surface area contributed by atoms with E-state index in [0.717, 1.165) is 15.7 Å². The molecule has 128 valence electrons. The lowest BCUT2D eigenvalue weighted by atomic mass is 10.1. The Morgan fingerprint density at radius 1 is 1.16 bits per heavy atom. The van der Waals surface area contributed by atoms with Crippen LogP contribution in [-0.4, -0.2) is 18.2 Å². The van der Waals surface area contributed by atoms with Crippen molar-refractivity contribution in [2.24, 2.45) is 0 Å². The Morgan fingerprint density at radius 2 is 1.92 bits per heavy atom. The number of hydrogen-bond acceptors (Lipinski definition) is 4. The Labute approximate surface area is 155 Å². The normalized spacial score (nSPS) is 10.0. The molecule has 5 nitrogen and oxygen atoms in total. The third-order valence-electron chi connectivity index (χ3n) is 3.67. The summed E-state index contributed by atoms with van der Waals surface area (Å²) >= 11 is 3.38. The molecule has 0 aliphatic carbocycles. The van der Waals surface area contributed by atoms with Crippen molar-refractivity contribution < 1.29 is 9.59 Å². The van der Waals surface area contributed by atoms with E-state index in [2.05, 4.69) is 26.6 Å². The number of ketones is 1. The van der Waals surface area contributed by atoms with E-state index in [0.29, 0.717) is 23.4 Å².